The molecule has 24 heavy (non-hydrogen) atoms. The summed E-state index contributed by atoms with van der Waals surface area (Å²) in [6, 6.07) is 0. The number of anilines is 1. The number of nitrogens with two attached hydrogens (primary N) is 2. The smallest absolute Gasteiger partial charge is 0.271 e. The molecule has 0 saturated carbocycles. The second-order valence-corrected chi connectivity index (χ2v) is 6.81. The van der Waals surface area contributed by atoms with Gasteiger partial charge in [0.05, 0.1) is 29.2 Å². The Labute approximate surface area is 158 Å². The number of carbonyl (C=O) groups is 1. The summed E-state index contributed by atoms with van der Waals surface area (Å²) in [5.41, 5.74) is 11.0. The van der Waals surface area contributed by atoms with Crippen LogP contribution in [0.3, 0.4) is 0 Å². The maximum absolute atomic E-state index is 11.2. The fourth-order valence-corrected chi connectivity index (χ4v) is 2.89. The van der Waals surface area contributed by atoms with Gasteiger partial charge in [-0.2, -0.15) is 0 Å². The van der Waals surface area contributed by atoms with Crippen LogP contribution in [0.5, 0.6) is 0 Å². The van der Waals surface area contributed by atoms with Crippen molar-refractivity contribution in [2.45, 2.75) is 57.8 Å². The molecule has 0 fully saturated rings. The van der Waals surface area contributed by atoms with E-state index in [2.05, 4.69) is 15.3 Å². The molecular formula is C16H29IN6O. The maximum atomic E-state index is 11.2. The molecule has 8 heteroatoms. The lowest BCUT2D eigenvalue weighted by Gasteiger charge is -2.02. The zero-order valence-electron chi connectivity index (χ0n) is 14.2. The number of aliphatic imine (C=N–C) groups is 1. The molecule has 0 radical (unpaired) electrons. The van der Waals surface area contributed by atoms with Crippen LogP contribution in [0.15, 0.2) is 11.3 Å². The van der Waals surface area contributed by atoms with Crippen LogP contribution in [-0.4, -0.2) is 33.1 Å². The lowest BCUT2D eigenvalue weighted by molar-refractivity contribution is 0.0997. The van der Waals surface area contributed by atoms with Gasteiger partial charge in [-0.1, -0.05) is 44.9 Å². The monoisotopic (exact) mass is 448 g/mol. The van der Waals surface area contributed by atoms with Gasteiger partial charge >= 0.3 is 0 Å². The molecule has 1 aromatic heterocycles. The van der Waals surface area contributed by atoms with Crippen molar-refractivity contribution in [2.75, 3.05) is 18.4 Å². The molecule has 7 nitrogen and oxygen atoms in total. The SMILES string of the molecule is NCCCCCCCCCCCN=CNc1c(C(N)=O)ncn1I. The van der Waals surface area contributed by atoms with E-state index in [4.69, 9.17) is 11.5 Å². The summed E-state index contributed by atoms with van der Waals surface area (Å²) < 4.78 is 1.68. The number of hydrogen-bond donors (Lipinski definition) is 3. The lowest BCUT2D eigenvalue weighted by Crippen LogP contribution is -2.14. The number of halogens is 1. The van der Waals surface area contributed by atoms with Gasteiger partial charge in [-0.15, -0.1) is 0 Å². The summed E-state index contributed by atoms with van der Waals surface area (Å²) in [6.45, 7) is 1.60. The summed E-state index contributed by atoms with van der Waals surface area (Å²) in [5, 5.41) is 2.97. The predicted molar refractivity (Wildman–Crippen MR) is 108 cm³/mol. The topological polar surface area (TPSA) is 111 Å². The average Bonchev–Trinajstić information content (AvgIpc) is 2.93. The van der Waals surface area contributed by atoms with Crippen LogP contribution >= 0.6 is 22.9 Å². The summed E-state index contributed by atoms with van der Waals surface area (Å²) in [5.74, 6) is 0.00540. The van der Waals surface area contributed by atoms with E-state index >= 15 is 0 Å². The number of amides is 1. The summed E-state index contributed by atoms with van der Waals surface area (Å²) in [7, 11) is 0. The molecule has 0 spiro atoms. The second-order valence-electron chi connectivity index (χ2n) is 5.77. The maximum Gasteiger partial charge on any atom is 0.271 e. The Bertz CT molecular complexity index is 503. The van der Waals surface area contributed by atoms with Gasteiger partial charge < -0.3 is 16.8 Å². The number of primary amides is 1. The zero-order valence-corrected chi connectivity index (χ0v) is 16.4. The van der Waals surface area contributed by atoms with Crippen molar-refractivity contribution in [1.82, 2.24) is 7.76 Å². The van der Waals surface area contributed by atoms with E-state index in [1.54, 1.807) is 9.12 Å². The first-order chi connectivity index (χ1) is 11.7. The van der Waals surface area contributed by atoms with Gasteiger partial charge in [0, 0.05) is 6.54 Å². The normalized spacial score (nSPS) is 11.2. The highest BCUT2D eigenvalue weighted by Gasteiger charge is 2.13. The summed E-state index contributed by atoms with van der Waals surface area (Å²) >= 11 is 2.03. The Morgan fingerprint density at radius 1 is 1.17 bits per heavy atom. The van der Waals surface area contributed by atoms with E-state index < -0.39 is 5.91 Å². The molecule has 1 rings (SSSR count). The molecule has 0 aromatic carbocycles. The van der Waals surface area contributed by atoms with Gasteiger partial charge in [-0.3, -0.25) is 12.6 Å². The van der Waals surface area contributed by atoms with Crippen LogP contribution in [-0.2, 0) is 0 Å². The first-order valence-corrected chi connectivity index (χ1v) is 9.61. The van der Waals surface area contributed by atoms with Crippen molar-refractivity contribution in [1.29, 1.82) is 0 Å². The highest BCUT2D eigenvalue weighted by molar-refractivity contribution is 14.1. The number of hydrogen-bond acceptors (Lipinski definition) is 4. The van der Waals surface area contributed by atoms with Crippen molar-refractivity contribution in [3.8, 4) is 0 Å². The third kappa shape index (κ3) is 8.62. The fraction of sp³-hybridized carbons (Fsp3) is 0.688. The third-order valence-corrected chi connectivity index (χ3v) is 4.47. The van der Waals surface area contributed by atoms with Crippen LogP contribution in [0.2, 0.25) is 0 Å². The Morgan fingerprint density at radius 3 is 2.33 bits per heavy atom. The highest BCUT2D eigenvalue weighted by Crippen LogP contribution is 2.15. The van der Waals surface area contributed by atoms with E-state index in [0.29, 0.717) is 5.82 Å². The van der Waals surface area contributed by atoms with Crippen LogP contribution in [0.4, 0.5) is 5.82 Å². The van der Waals surface area contributed by atoms with Crippen molar-refractivity contribution in [3.63, 3.8) is 0 Å². The first-order valence-electron chi connectivity index (χ1n) is 8.65. The molecule has 5 N–H and O–H groups in total. The summed E-state index contributed by atoms with van der Waals surface area (Å²) in [4.78, 5) is 19.5. The average molecular weight is 448 g/mol. The van der Waals surface area contributed by atoms with Crippen molar-refractivity contribution >= 4 is 40.9 Å². The Hall–Kier alpha value is -1.16. The number of nitrogens with one attached hydrogen (secondary N) is 1. The van der Waals surface area contributed by atoms with Crippen molar-refractivity contribution < 1.29 is 4.79 Å². The molecule has 0 atom stereocenters. The zero-order chi connectivity index (χ0) is 17.6. The standard InChI is InChI=1S/C16H29IN6O/c17-23-13-22-14(15(19)24)16(23)21-12-20-11-9-7-5-3-1-2-4-6-8-10-18/h12-13H,1-11,18H2,(H2,19,24)(H,20,21). The van der Waals surface area contributed by atoms with Gasteiger partial charge in [0.2, 0.25) is 0 Å². The number of imidazole rings is 1. The summed E-state index contributed by atoms with van der Waals surface area (Å²) in [6.07, 6.45) is 14.4. The number of rotatable bonds is 14. The highest BCUT2D eigenvalue weighted by atomic mass is 127. The minimum atomic E-state index is -0.552. The van der Waals surface area contributed by atoms with Gasteiger partial charge in [0.15, 0.2) is 11.5 Å². The number of aromatic nitrogens is 2. The van der Waals surface area contributed by atoms with E-state index in [0.717, 1.165) is 25.9 Å². The minimum Gasteiger partial charge on any atom is -0.364 e. The van der Waals surface area contributed by atoms with E-state index in [9.17, 15) is 4.79 Å². The van der Waals surface area contributed by atoms with Crippen LogP contribution in [0.1, 0.15) is 68.3 Å². The number of carbonyl (C=O) groups excluding carboxylic acids is 1. The molecule has 0 aliphatic heterocycles. The van der Waals surface area contributed by atoms with Crippen LogP contribution in [0, 0.1) is 0 Å². The van der Waals surface area contributed by atoms with E-state index in [1.807, 2.05) is 22.9 Å². The first kappa shape index (κ1) is 20.9. The molecule has 1 amide bonds. The Kier molecular flexibility index (Phi) is 11.5. The molecule has 0 unspecified atom stereocenters. The molecule has 0 aliphatic carbocycles. The van der Waals surface area contributed by atoms with E-state index in [-0.39, 0.29) is 5.69 Å². The molecule has 1 heterocycles. The quantitative estimate of drug-likeness (QED) is 0.176. The van der Waals surface area contributed by atoms with Gasteiger partial charge in [0.25, 0.3) is 5.91 Å². The second kappa shape index (κ2) is 13.2. The van der Waals surface area contributed by atoms with Crippen molar-refractivity contribution in [3.05, 3.63) is 12.0 Å². The Balaban J connectivity index is 2.03. The minimum absolute atomic E-state index is 0.224. The van der Waals surface area contributed by atoms with Crippen LogP contribution < -0.4 is 16.8 Å². The van der Waals surface area contributed by atoms with Crippen molar-refractivity contribution in [2.24, 2.45) is 16.5 Å². The third-order valence-electron chi connectivity index (χ3n) is 3.74. The largest absolute Gasteiger partial charge is 0.364 e. The fourth-order valence-electron chi connectivity index (χ4n) is 2.40. The number of unbranched alkanes of at least 4 members (excludes halogenated alkanes) is 8. The molecule has 136 valence electrons. The predicted octanol–water partition coefficient (Wildman–Crippen LogP) is 3.09. The van der Waals surface area contributed by atoms with Gasteiger partial charge in [-0.05, 0) is 19.4 Å². The van der Waals surface area contributed by atoms with Gasteiger partial charge in [0.1, 0.15) is 6.33 Å². The Morgan fingerprint density at radius 2 is 1.75 bits per heavy atom. The number of nitrogens with zero attached hydrogens (tertiary/aromatic N) is 3. The van der Waals surface area contributed by atoms with E-state index in [1.165, 1.54) is 51.3 Å². The molecule has 0 bridgehead atoms. The molecule has 0 aliphatic rings. The molecule has 1 aromatic rings. The van der Waals surface area contributed by atoms with Crippen LogP contribution in [0.25, 0.3) is 0 Å². The van der Waals surface area contributed by atoms with Gasteiger partial charge in [-0.25, -0.2) is 4.98 Å². The molecular weight excluding hydrogens is 419 g/mol. The molecule has 0 saturated heterocycles. The lowest BCUT2D eigenvalue weighted by atomic mass is 10.1.